The smallest absolute Gasteiger partial charge is 0.255 e. The molecule has 0 radical (unpaired) electrons. The lowest BCUT2D eigenvalue weighted by molar-refractivity contribution is -0.123. The first-order valence-electron chi connectivity index (χ1n) is 7.85. The average Bonchev–Trinajstić information content (AvgIpc) is 2.81. The number of carbonyl (C=O) groups is 1. The highest BCUT2D eigenvalue weighted by atomic mass is 19.1. The molecule has 0 aromatic carbocycles. The summed E-state index contributed by atoms with van der Waals surface area (Å²) < 4.78 is 24.7. The first-order chi connectivity index (χ1) is 11.4. The summed E-state index contributed by atoms with van der Waals surface area (Å²) in [6, 6.07) is 1.44. The van der Waals surface area contributed by atoms with E-state index in [4.69, 9.17) is 9.47 Å². The first kappa shape index (κ1) is 18.0. The SMILES string of the molecule is C=C(/C=c1/c(OCC2NC(=O)C(F)C2CC)nc(C)cc1=C)OC. The van der Waals surface area contributed by atoms with Crippen molar-refractivity contribution in [3.63, 3.8) is 0 Å². The molecule has 0 saturated carbocycles. The number of aromatic nitrogens is 1. The van der Waals surface area contributed by atoms with Crippen LogP contribution in [0.5, 0.6) is 5.88 Å². The van der Waals surface area contributed by atoms with Crippen LogP contribution >= 0.6 is 0 Å². The second kappa shape index (κ2) is 7.47. The Bertz CT molecular complexity index is 747. The number of aryl methyl sites for hydroxylation is 1. The highest BCUT2D eigenvalue weighted by Crippen LogP contribution is 2.23. The second-order valence-corrected chi connectivity index (χ2v) is 5.86. The predicted molar refractivity (Wildman–Crippen MR) is 90.5 cm³/mol. The van der Waals surface area contributed by atoms with Gasteiger partial charge in [-0.2, -0.15) is 0 Å². The number of ether oxygens (including phenoxy) is 2. The van der Waals surface area contributed by atoms with Crippen molar-refractivity contribution in [2.75, 3.05) is 13.7 Å². The minimum absolute atomic E-state index is 0.140. The zero-order chi connectivity index (χ0) is 17.9. The molecule has 1 aromatic heterocycles. The fourth-order valence-corrected chi connectivity index (χ4v) is 2.80. The van der Waals surface area contributed by atoms with E-state index < -0.39 is 18.0 Å². The van der Waals surface area contributed by atoms with E-state index in [9.17, 15) is 9.18 Å². The van der Waals surface area contributed by atoms with Gasteiger partial charge in [-0.05, 0) is 30.7 Å². The number of hydrogen-bond acceptors (Lipinski definition) is 4. The van der Waals surface area contributed by atoms with Crippen LogP contribution in [0.15, 0.2) is 18.4 Å². The maximum atomic E-state index is 13.9. The lowest BCUT2D eigenvalue weighted by Crippen LogP contribution is -2.37. The van der Waals surface area contributed by atoms with Gasteiger partial charge in [0, 0.05) is 16.8 Å². The van der Waals surface area contributed by atoms with E-state index in [1.165, 1.54) is 7.11 Å². The zero-order valence-electron chi connectivity index (χ0n) is 14.3. The molecule has 0 spiro atoms. The molecule has 1 amide bonds. The topological polar surface area (TPSA) is 60.5 Å². The molecule has 1 saturated heterocycles. The van der Waals surface area contributed by atoms with Gasteiger partial charge in [-0.25, -0.2) is 9.37 Å². The summed E-state index contributed by atoms with van der Waals surface area (Å²) in [4.78, 5) is 15.9. The molecular formula is C18H23FN2O3. The third-order valence-corrected chi connectivity index (χ3v) is 4.15. The van der Waals surface area contributed by atoms with Crippen LogP contribution < -0.4 is 20.5 Å². The quantitative estimate of drug-likeness (QED) is 0.788. The van der Waals surface area contributed by atoms with Crippen LogP contribution in [0.1, 0.15) is 19.0 Å². The van der Waals surface area contributed by atoms with Gasteiger partial charge in [-0.15, -0.1) is 0 Å². The van der Waals surface area contributed by atoms with Gasteiger partial charge in [0.05, 0.1) is 13.2 Å². The monoisotopic (exact) mass is 334 g/mol. The summed E-state index contributed by atoms with van der Waals surface area (Å²) >= 11 is 0. The number of halogens is 1. The van der Waals surface area contributed by atoms with Crippen molar-refractivity contribution >= 4 is 18.6 Å². The summed E-state index contributed by atoms with van der Waals surface area (Å²) in [5.41, 5.74) is 0.751. The molecule has 1 aliphatic rings. The predicted octanol–water partition coefficient (Wildman–Crippen LogP) is 0.982. The Morgan fingerprint density at radius 1 is 1.54 bits per heavy atom. The summed E-state index contributed by atoms with van der Waals surface area (Å²) in [6.07, 6.45) is 0.749. The Labute approximate surface area is 140 Å². The van der Waals surface area contributed by atoms with E-state index >= 15 is 0 Å². The fraction of sp³-hybridized carbons (Fsp3) is 0.444. The number of rotatable bonds is 6. The molecule has 0 bridgehead atoms. The van der Waals surface area contributed by atoms with Crippen LogP contribution in [0.2, 0.25) is 0 Å². The zero-order valence-corrected chi connectivity index (χ0v) is 14.3. The molecule has 2 rings (SSSR count). The Hall–Kier alpha value is -2.37. The number of alkyl halides is 1. The van der Waals surface area contributed by atoms with Crippen LogP contribution in [0.25, 0.3) is 12.7 Å². The van der Waals surface area contributed by atoms with Crippen molar-refractivity contribution in [1.82, 2.24) is 10.3 Å². The van der Waals surface area contributed by atoms with E-state index in [-0.39, 0.29) is 12.6 Å². The largest absolute Gasteiger partial charge is 0.497 e. The van der Waals surface area contributed by atoms with E-state index in [1.807, 2.05) is 19.9 Å². The average molecular weight is 334 g/mol. The maximum absolute atomic E-state index is 13.9. The lowest BCUT2D eigenvalue weighted by Gasteiger charge is -2.18. The molecule has 1 aromatic rings. The number of carbonyl (C=O) groups excluding carboxylic acids is 1. The Balaban J connectivity index is 2.27. The molecule has 1 aliphatic heterocycles. The van der Waals surface area contributed by atoms with Crippen LogP contribution in [-0.4, -0.2) is 36.8 Å². The lowest BCUT2D eigenvalue weighted by atomic mass is 9.97. The van der Waals surface area contributed by atoms with Gasteiger partial charge in [0.25, 0.3) is 5.91 Å². The second-order valence-electron chi connectivity index (χ2n) is 5.86. The van der Waals surface area contributed by atoms with Gasteiger partial charge in [0.15, 0.2) is 6.17 Å². The summed E-state index contributed by atoms with van der Waals surface area (Å²) in [5, 5.41) is 4.02. The van der Waals surface area contributed by atoms with Gasteiger partial charge in [0.1, 0.15) is 12.4 Å². The van der Waals surface area contributed by atoms with E-state index in [0.29, 0.717) is 23.3 Å². The van der Waals surface area contributed by atoms with Gasteiger partial charge in [-0.3, -0.25) is 4.79 Å². The Morgan fingerprint density at radius 2 is 2.25 bits per heavy atom. The van der Waals surface area contributed by atoms with Gasteiger partial charge < -0.3 is 14.8 Å². The number of nitrogens with zero attached hydrogens (tertiary/aromatic N) is 1. The highest BCUT2D eigenvalue weighted by Gasteiger charge is 2.41. The van der Waals surface area contributed by atoms with Crippen molar-refractivity contribution in [2.45, 2.75) is 32.5 Å². The normalized spacial score (nSPS) is 23.9. The number of hydrogen-bond donors (Lipinski definition) is 1. The third-order valence-electron chi connectivity index (χ3n) is 4.15. The Kier molecular flexibility index (Phi) is 5.59. The Morgan fingerprint density at radius 3 is 2.88 bits per heavy atom. The summed E-state index contributed by atoms with van der Waals surface area (Å²) in [6.45, 7) is 11.6. The molecular weight excluding hydrogens is 311 g/mol. The van der Waals surface area contributed by atoms with Crippen molar-refractivity contribution in [2.24, 2.45) is 5.92 Å². The third kappa shape index (κ3) is 3.75. The number of methoxy groups -OCH3 is 1. The van der Waals surface area contributed by atoms with Gasteiger partial charge in [-0.1, -0.05) is 20.1 Å². The summed E-state index contributed by atoms with van der Waals surface area (Å²) in [7, 11) is 1.52. The fourth-order valence-electron chi connectivity index (χ4n) is 2.80. The molecule has 3 unspecified atom stereocenters. The van der Waals surface area contributed by atoms with Crippen molar-refractivity contribution < 1.29 is 18.7 Å². The number of pyridine rings is 1. The molecule has 3 atom stereocenters. The molecule has 1 N–H and O–H groups in total. The number of nitrogens with one attached hydrogen (secondary N) is 1. The van der Waals surface area contributed by atoms with Crippen molar-refractivity contribution in [1.29, 1.82) is 0 Å². The molecule has 130 valence electrons. The highest BCUT2D eigenvalue weighted by molar-refractivity contribution is 5.83. The van der Waals surface area contributed by atoms with Crippen LogP contribution in [-0.2, 0) is 9.53 Å². The van der Waals surface area contributed by atoms with Crippen LogP contribution in [0.3, 0.4) is 0 Å². The van der Waals surface area contributed by atoms with Crippen molar-refractivity contribution in [3.05, 3.63) is 34.5 Å². The first-order valence-corrected chi connectivity index (χ1v) is 7.85. The van der Waals surface area contributed by atoms with Crippen LogP contribution in [0, 0.1) is 12.8 Å². The van der Waals surface area contributed by atoms with E-state index in [0.717, 1.165) is 10.9 Å². The van der Waals surface area contributed by atoms with E-state index in [1.54, 1.807) is 6.08 Å². The molecule has 6 heteroatoms. The summed E-state index contributed by atoms with van der Waals surface area (Å²) in [5.74, 6) is -0.169. The van der Waals surface area contributed by atoms with Gasteiger partial charge >= 0.3 is 0 Å². The van der Waals surface area contributed by atoms with Crippen LogP contribution in [0.4, 0.5) is 4.39 Å². The van der Waals surface area contributed by atoms with Crippen molar-refractivity contribution in [3.8, 4) is 5.88 Å². The van der Waals surface area contributed by atoms with Gasteiger partial charge in [0.2, 0.25) is 5.88 Å². The molecule has 5 nitrogen and oxygen atoms in total. The number of amides is 1. The number of allylic oxidation sites excluding steroid dienone is 1. The minimum atomic E-state index is -1.49. The molecule has 0 aliphatic carbocycles. The standard InChI is InChI=1S/C18H23FN2O3/c1-6-13-15(21-17(22)16(13)19)9-24-18-14(8-12(4)23-5)10(2)7-11(3)20-18/h7-8,13,15-16H,2,4,6,9H2,1,3,5H3,(H,21,22)/b14-8+. The maximum Gasteiger partial charge on any atom is 0.255 e. The minimum Gasteiger partial charge on any atom is -0.497 e. The molecule has 24 heavy (non-hydrogen) atoms. The van der Waals surface area contributed by atoms with E-state index in [2.05, 4.69) is 23.5 Å². The molecule has 2 heterocycles. The molecule has 1 fully saturated rings.